The zero-order valence-electron chi connectivity index (χ0n) is 14.8. The van der Waals surface area contributed by atoms with E-state index < -0.39 is 12.1 Å². The monoisotopic (exact) mass is 406 g/mol. The lowest BCUT2D eigenvalue weighted by Crippen LogP contribution is -2.25. The molecule has 3 rings (SSSR count). The SMILES string of the molecule is COC(=O)C(C)Oc1ccc2c(c1C)O/C(=C\c1c(Cl)cccc1Cl)C2=O. The van der Waals surface area contributed by atoms with Gasteiger partial charge >= 0.3 is 5.97 Å². The highest BCUT2D eigenvalue weighted by Gasteiger charge is 2.31. The van der Waals surface area contributed by atoms with Crippen LogP contribution in [0.15, 0.2) is 36.1 Å². The molecule has 1 heterocycles. The summed E-state index contributed by atoms with van der Waals surface area (Å²) in [6, 6.07) is 8.30. The van der Waals surface area contributed by atoms with Crippen LogP contribution in [0.25, 0.3) is 6.08 Å². The lowest BCUT2D eigenvalue weighted by Gasteiger charge is -2.15. The predicted octanol–water partition coefficient (Wildman–Crippen LogP) is 4.86. The molecule has 2 aromatic carbocycles. The Morgan fingerprint density at radius 3 is 2.48 bits per heavy atom. The minimum absolute atomic E-state index is 0.112. The quantitative estimate of drug-likeness (QED) is 0.535. The standard InChI is InChI=1S/C20H16Cl2O5/c1-10-16(26-11(2)20(24)25-3)8-7-12-18(23)17(27-19(10)12)9-13-14(21)5-4-6-15(13)22/h4-9,11H,1-3H3/b17-9-. The number of hydrogen-bond donors (Lipinski definition) is 0. The molecule has 140 valence electrons. The van der Waals surface area contributed by atoms with Crippen molar-refractivity contribution in [2.75, 3.05) is 7.11 Å². The minimum atomic E-state index is -0.791. The summed E-state index contributed by atoms with van der Waals surface area (Å²) < 4.78 is 16.0. The number of ketones is 1. The molecule has 0 amide bonds. The zero-order chi connectivity index (χ0) is 19.7. The first-order valence-electron chi connectivity index (χ1n) is 8.09. The van der Waals surface area contributed by atoms with Crippen LogP contribution >= 0.6 is 23.2 Å². The molecule has 7 heteroatoms. The maximum Gasteiger partial charge on any atom is 0.346 e. The zero-order valence-corrected chi connectivity index (χ0v) is 16.4. The number of Topliss-reactive ketones (excluding diaryl/α,β-unsaturated/α-hetero) is 1. The molecule has 0 saturated carbocycles. The molecule has 5 nitrogen and oxygen atoms in total. The van der Waals surface area contributed by atoms with E-state index in [4.69, 9.17) is 32.7 Å². The highest BCUT2D eigenvalue weighted by molar-refractivity contribution is 6.37. The van der Waals surface area contributed by atoms with E-state index in [-0.39, 0.29) is 11.5 Å². The topological polar surface area (TPSA) is 61.8 Å². The van der Waals surface area contributed by atoms with E-state index in [2.05, 4.69) is 4.74 Å². The number of benzene rings is 2. The summed E-state index contributed by atoms with van der Waals surface area (Å²) in [6.07, 6.45) is 0.727. The maximum absolute atomic E-state index is 12.7. The summed E-state index contributed by atoms with van der Waals surface area (Å²) in [7, 11) is 1.29. The van der Waals surface area contributed by atoms with Crippen LogP contribution in [0.3, 0.4) is 0 Å². The third-order valence-electron chi connectivity index (χ3n) is 4.15. The number of allylic oxidation sites excluding steroid dienone is 1. The molecule has 0 saturated heterocycles. The van der Waals surface area contributed by atoms with Crippen LogP contribution in [0.5, 0.6) is 11.5 Å². The van der Waals surface area contributed by atoms with Gasteiger partial charge < -0.3 is 14.2 Å². The number of rotatable bonds is 4. The lowest BCUT2D eigenvalue weighted by atomic mass is 10.1. The summed E-state index contributed by atoms with van der Waals surface area (Å²) in [4.78, 5) is 24.2. The first-order chi connectivity index (χ1) is 12.8. The van der Waals surface area contributed by atoms with Crippen molar-refractivity contribution >= 4 is 41.0 Å². The number of carbonyl (C=O) groups excluding carboxylic acids is 2. The summed E-state index contributed by atoms with van der Waals surface area (Å²) in [5, 5.41) is 0.824. The molecule has 0 bridgehead atoms. The van der Waals surface area contributed by atoms with Gasteiger partial charge in [0.25, 0.3) is 0 Å². The molecule has 1 atom stereocenters. The summed E-state index contributed by atoms with van der Waals surface area (Å²) >= 11 is 12.3. The number of halogens is 2. The molecule has 0 spiro atoms. The first kappa shape index (κ1) is 19.3. The largest absolute Gasteiger partial charge is 0.479 e. The Morgan fingerprint density at radius 1 is 1.19 bits per heavy atom. The second kappa shape index (κ2) is 7.62. The first-order valence-corrected chi connectivity index (χ1v) is 8.85. The summed E-state index contributed by atoms with van der Waals surface area (Å²) in [6.45, 7) is 3.33. The molecule has 1 unspecified atom stereocenters. The van der Waals surface area contributed by atoms with Crippen molar-refractivity contribution in [1.82, 2.24) is 0 Å². The maximum atomic E-state index is 12.7. The van der Waals surface area contributed by atoms with Crippen molar-refractivity contribution in [3.05, 3.63) is 62.8 Å². The van der Waals surface area contributed by atoms with Crippen LogP contribution in [0.4, 0.5) is 0 Å². The van der Waals surface area contributed by atoms with Crippen molar-refractivity contribution in [1.29, 1.82) is 0 Å². The Balaban J connectivity index is 1.95. The van der Waals surface area contributed by atoms with Gasteiger partial charge in [-0.2, -0.15) is 0 Å². The highest BCUT2D eigenvalue weighted by Crippen LogP contribution is 2.40. The Hall–Kier alpha value is -2.50. The van der Waals surface area contributed by atoms with Gasteiger partial charge in [0.2, 0.25) is 5.78 Å². The molecule has 0 N–H and O–H groups in total. The molecule has 0 aromatic heterocycles. The fourth-order valence-electron chi connectivity index (χ4n) is 2.68. The van der Waals surface area contributed by atoms with Gasteiger partial charge in [-0.15, -0.1) is 0 Å². The number of methoxy groups -OCH3 is 1. The molecule has 2 aromatic rings. The molecule has 1 aliphatic rings. The third kappa shape index (κ3) is 3.66. The molecule has 0 fully saturated rings. The van der Waals surface area contributed by atoms with Crippen LogP contribution in [0.2, 0.25) is 10.0 Å². The smallest absolute Gasteiger partial charge is 0.346 e. The molecule has 1 aliphatic heterocycles. The van der Waals surface area contributed by atoms with E-state index in [1.165, 1.54) is 13.2 Å². The van der Waals surface area contributed by atoms with Gasteiger partial charge in [-0.3, -0.25) is 4.79 Å². The average molecular weight is 407 g/mol. The second-order valence-corrected chi connectivity index (χ2v) is 6.74. The molecule has 0 aliphatic carbocycles. The van der Waals surface area contributed by atoms with Crippen molar-refractivity contribution in [2.24, 2.45) is 0 Å². The Morgan fingerprint density at radius 2 is 1.85 bits per heavy atom. The van der Waals surface area contributed by atoms with Crippen LogP contribution in [-0.4, -0.2) is 25.0 Å². The predicted molar refractivity (Wildman–Crippen MR) is 103 cm³/mol. The fourth-order valence-corrected chi connectivity index (χ4v) is 3.19. The number of carbonyl (C=O) groups is 2. The molecule has 27 heavy (non-hydrogen) atoms. The number of fused-ring (bicyclic) bond motifs is 1. The van der Waals surface area contributed by atoms with E-state index in [9.17, 15) is 9.59 Å². The third-order valence-corrected chi connectivity index (χ3v) is 4.81. The van der Waals surface area contributed by atoms with Crippen molar-refractivity contribution < 1.29 is 23.8 Å². The van der Waals surface area contributed by atoms with E-state index in [0.29, 0.717) is 38.2 Å². The Labute approximate surface area is 166 Å². The van der Waals surface area contributed by atoms with Crippen LogP contribution in [-0.2, 0) is 9.53 Å². The van der Waals surface area contributed by atoms with Crippen LogP contribution in [0, 0.1) is 6.92 Å². The van der Waals surface area contributed by atoms with Gasteiger partial charge in [-0.25, -0.2) is 4.79 Å². The van der Waals surface area contributed by atoms with E-state index in [1.807, 2.05) is 0 Å². The van der Waals surface area contributed by atoms with Gasteiger partial charge in [-0.1, -0.05) is 29.3 Å². The molecular formula is C20H16Cl2O5. The van der Waals surface area contributed by atoms with E-state index in [0.717, 1.165) is 0 Å². The van der Waals surface area contributed by atoms with Crippen molar-refractivity contribution in [2.45, 2.75) is 20.0 Å². The van der Waals surface area contributed by atoms with Gasteiger partial charge in [0.15, 0.2) is 11.9 Å². The number of hydrogen-bond acceptors (Lipinski definition) is 5. The van der Waals surface area contributed by atoms with Crippen molar-refractivity contribution in [3.63, 3.8) is 0 Å². The van der Waals surface area contributed by atoms with E-state index in [1.54, 1.807) is 44.2 Å². The normalized spacial score (nSPS) is 15.3. The minimum Gasteiger partial charge on any atom is -0.479 e. The van der Waals surface area contributed by atoms with E-state index >= 15 is 0 Å². The average Bonchev–Trinajstić information content (AvgIpc) is 2.96. The number of ether oxygens (including phenoxy) is 3. The second-order valence-electron chi connectivity index (χ2n) is 5.92. The summed E-state index contributed by atoms with van der Waals surface area (Å²) in [5.41, 5.74) is 1.51. The molecular weight excluding hydrogens is 391 g/mol. The molecule has 0 radical (unpaired) electrons. The van der Waals surface area contributed by atoms with Crippen LogP contribution < -0.4 is 9.47 Å². The summed E-state index contributed by atoms with van der Waals surface area (Å²) in [5.74, 6) is 0.138. The fraction of sp³-hybridized carbons (Fsp3) is 0.200. The van der Waals surface area contributed by atoms with Gasteiger partial charge in [0.1, 0.15) is 11.5 Å². The van der Waals surface area contributed by atoms with Gasteiger partial charge in [0.05, 0.1) is 12.7 Å². The Bertz CT molecular complexity index is 945. The lowest BCUT2D eigenvalue weighted by molar-refractivity contribution is -0.147. The van der Waals surface area contributed by atoms with Gasteiger partial charge in [0, 0.05) is 21.2 Å². The number of esters is 1. The van der Waals surface area contributed by atoms with Crippen LogP contribution in [0.1, 0.15) is 28.4 Å². The van der Waals surface area contributed by atoms with Crippen molar-refractivity contribution in [3.8, 4) is 11.5 Å². The van der Waals surface area contributed by atoms with Gasteiger partial charge in [-0.05, 0) is 44.2 Å². The Kier molecular flexibility index (Phi) is 5.44. The highest BCUT2D eigenvalue weighted by atomic mass is 35.5.